The second-order valence-corrected chi connectivity index (χ2v) is 3.99. The SMILES string of the molecule is CCC1C(=O)OCCC1c1ccccc1. The van der Waals surface area contributed by atoms with Crippen LogP contribution >= 0.6 is 0 Å². The molecule has 1 aliphatic heterocycles. The molecule has 1 heterocycles. The van der Waals surface area contributed by atoms with E-state index in [-0.39, 0.29) is 11.9 Å². The summed E-state index contributed by atoms with van der Waals surface area (Å²) in [6.45, 7) is 2.61. The van der Waals surface area contributed by atoms with E-state index in [2.05, 4.69) is 12.1 Å². The molecule has 0 aliphatic carbocycles. The van der Waals surface area contributed by atoms with E-state index in [1.54, 1.807) is 0 Å². The Kier molecular flexibility index (Phi) is 3.05. The highest BCUT2D eigenvalue weighted by Crippen LogP contribution is 2.34. The highest BCUT2D eigenvalue weighted by Gasteiger charge is 2.32. The van der Waals surface area contributed by atoms with Gasteiger partial charge in [0.1, 0.15) is 0 Å². The van der Waals surface area contributed by atoms with E-state index in [4.69, 9.17) is 4.74 Å². The van der Waals surface area contributed by atoms with Gasteiger partial charge in [0.25, 0.3) is 0 Å². The molecule has 0 radical (unpaired) electrons. The van der Waals surface area contributed by atoms with Crippen molar-refractivity contribution < 1.29 is 9.53 Å². The Labute approximate surface area is 90.3 Å². The Morgan fingerprint density at radius 2 is 2.07 bits per heavy atom. The van der Waals surface area contributed by atoms with Gasteiger partial charge in [-0.05, 0) is 18.4 Å². The van der Waals surface area contributed by atoms with Crippen LogP contribution in [0.15, 0.2) is 30.3 Å². The first-order valence-corrected chi connectivity index (χ1v) is 5.54. The first-order chi connectivity index (χ1) is 7.33. The number of benzene rings is 1. The van der Waals surface area contributed by atoms with Crippen molar-refractivity contribution in [3.63, 3.8) is 0 Å². The maximum Gasteiger partial charge on any atom is 0.309 e. The molecule has 15 heavy (non-hydrogen) atoms. The third-order valence-electron chi connectivity index (χ3n) is 3.13. The third-order valence-corrected chi connectivity index (χ3v) is 3.13. The van der Waals surface area contributed by atoms with E-state index in [1.165, 1.54) is 5.56 Å². The molecular formula is C13H16O2. The summed E-state index contributed by atoms with van der Waals surface area (Å²) in [5.41, 5.74) is 1.26. The van der Waals surface area contributed by atoms with Crippen molar-refractivity contribution in [1.82, 2.24) is 0 Å². The highest BCUT2D eigenvalue weighted by molar-refractivity contribution is 5.74. The van der Waals surface area contributed by atoms with Crippen molar-refractivity contribution in [2.45, 2.75) is 25.7 Å². The fourth-order valence-electron chi connectivity index (χ4n) is 2.31. The maximum absolute atomic E-state index is 11.6. The molecule has 1 aromatic rings. The Hall–Kier alpha value is -1.31. The predicted octanol–water partition coefficient (Wildman–Crippen LogP) is 2.74. The van der Waals surface area contributed by atoms with Crippen molar-refractivity contribution in [3.8, 4) is 0 Å². The van der Waals surface area contributed by atoms with E-state index in [1.807, 2.05) is 25.1 Å². The van der Waals surface area contributed by atoms with Gasteiger partial charge in [0.2, 0.25) is 0 Å². The lowest BCUT2D eigenvalue weighted by molar-refractivity contribution is -0.154. The van der Waals surface area contributed by atoms with Crippen LogP contribution in [0.1, 0.15) is 31.2 Å². The van der Waals surface area contributed by atoms with Gasteiger partial charge in [-0.3, -0.25) is 4.79 Å². The smallest absolute Gasteiger partial charge is 0.309 e. The van der Waals surface area contributed by atoms with Crippen molar-refractivity contribution in [3.05, 3.63) is 35.9 Å². The third kappa shape index (κ3) is 2.04. The first kappa shape index (κ1) is 10.2. The molecule has 2 rings (SSSR count). The van der Waals surface area contributed by atoms with Gasteiger partial charge in [0.05, 0.1) is 12.5 Å². The lowest BCUT2D eigenvalue weighted by Gasteiger charge is -2.29. The standard InChI is InChI=1S/C13H16O2/c1-2-11-12(8-9-15-13(11)14)10-6-4-3-5-7-10/h3-7,11-12H,2,8-9H2,1H3. The molecule has 2 heteroatoms. The molecule has 1 saturated heterocycles. The summed E-state index contributed by atoms with van der Waals surface area (Å²) in [6, 6.07) is 10.3. The molecule has 1 aliphatic rings. The number of cyclic esters (lactones) is 1. The summed E-state index contributed by atoms with van der Waals surface area (Å²) in [6.07, 6.45) is 1.81. The molecule has 0 spiro atoms. The Morgan fingerprint density at radius 1 is 1.33 bits per heavy atom. The first-order valence-electron chi connectivity index (χ1n) is 5.54. The van der Waals surface area contributed by atoms with Crippen LogP contribution in [0.3, 0.4) is 0 Å². The molecule has 0 amide bonds. The van der Waals surface area contributed by atoms with Crippen molar-refractivity contribution in [2.24, 2.45) is 5.92 Å². The molecule has 2 unspecified atom stereocenters. The minimum atomic E-state index is -0.0300. The van der Waals surface area contributed by atoms with E-state index in [0.29, 0.717) is 12.5 Å². The summed E-state index contributed by atoms with van der Waals surface area (Å²) in [4.78, 5) is 11.6. The zero-order valence-corrected chi connectivity index (χ0v) is 8.98. The van der Waals surface area contributed by atoms with Gasteiger partial charge in [-0.25, -0.2) is 0 Å². The van der Waals surface area contributed by atoms with Crippen molar-refractivity contribution in [1.29, 1.82) is 0 Å². The summed E-state index contributed by atoms with van der Waals surface area (Å²) >= 11 is 0. The van der Waals surface area contributed by atoms with Gasteiger partial charge in [-0.1, -0.05) is 37.3 Å². The van der Waals surface area contributed by atoms with Crippen LogP contribution < -0.4 is 0 Å². The topological polar surface area (TPSA) is 26.3 Å². The zero-order chi connectivity index (χ0) is 10.7. The molecule has 80 valence electrons. The summed E-state index contributed by atoms with van der Waals surface area (Å²) in [5.74, 6) is 0.358. The quantitative estimate of drug-likeness (QED) is 0.692. The number of ether oxygens (including phenoxy) is 1. The second-order valence-electron chi connectivity index (χ2n) is 3.99. The van der Waals surface area contributed by atoms with Crippen LogP contribution in [-0.4, -0.2) is 12.6 Å². The van der Waals surface area contributed by atoms with Crippen LogP contribution in [0.2, 0.25) is 0 Å². The van der Waals surface area contributed by atoms with E-state index < -0.39 is 0 Å². The normalized spacial score (nSPS) is 26.1. The zero-order valence-electron chi connectivity index (χ0n) is 8.98. The van der Waals surface area contributed by atoms with E-state index in [0.717, 1.165) is 12.8 Å². The van der Waals surface area contributed by atoms with Gasteiger partial charge in [-0.2, -0.15) is 0 Å². The van der Waals surface area contributed by atoms with Crippen LogP contribution in [0, 0.1) is 5.92 Å². The van der Waals surface area contributed by atoms with Gasteiger partial charge in [-0.15, -0.1) is 0 Å². The number of hydrogen-bond donors (Lipinski definition) is 0. The number of hydrogen-bond acceptors (Lipinski definition) is 2. The molecular weight excluding hydrogens is 188 g/mol. The Morgan fingerprint density at radius 3 is 2.73 bits per heavy atom. The average molecular weight is 204 g/mol. The fraction of sp³-hybridized carbons (Fsp3) is 0.462. The fourth-order valence-corrected chi connectivity index (χ4v) is 2.31. The number of carbonyl (C=O) groups is 1. The highest BCUT2D eigenvalue weighted by atomic mass is 16.5. The van der Waals surface area contributed by atoms with Crippen LogP contribution in [-0.2, 0) is 9.53 Å². The van der Waals surface area contributed by atoms with Gasteiger partial charge in [0.15, 0.2) is 0 Å². The predicted molar refractivity (Wildman–Crippen MR) is 58.5 cm³/mol. The molecule has 0 bridgehead atoms. The van der Waals surface area contributed by atoms with Gasteiger partial charge >= 0.3 is 5.97 Å². The molecule has 1 fully saturated rings. The minimum absolute atomic E-state index is 0.0300. The number of esters is 1. The second kappa shape index (κ2) is 4.47. The van der Waals surface area contributed by atoms with E-state index in [9.17, 15) is 4.79 Å². The Bertz CT molecular complexity index is 332. The lowest BCUT2D eigenvalue weighted by Crippen LogP contribution is -2.30. The molecule has 2 nitrogen and oxygen atoms in total. The minimum Gasteiger partial charge on any atom is -0.465 e. The van der Waals surface area contributed by atoms with Crippen LogP contribution in [0.5, 0.6) is 0 Å². The van der Waals surface area contributed by atoms with Crippen molar-refractivity contribution >= 4 is 5.97 Å². The lowest BCUT2D eigenvalue weighted by atomic mass is 9.81. The van der Waals surface area contributed by atoms with Crippen molar-refractivity contribution in [2.75, 3.05) is 6.61 Å². The van der Waals surface area contributed by atoms with Crippen LogP contribution in [0.25, 0.3) is 0 Å². The maximum atomic E-state index is 11.6. The molecule has 0 aromatic heterocycles. The molecule has 0 saturated carbocycles. The Balaban J connectivity index is 2.23. The summed E-state index contributed by atoms with van der Waals surface area (Å²) in [5, 5.41) is 0. The molecule has 1 aromatic carbocycles. The molecule has 2 atom stereocenters. The van der Waals surface area contributed by atoms with E-state index >= 15 is 0 Å². The monoisotopic (exact) mass is 204 g/mol. The van der Waals surface area contributed by atoms with Gasteiger partial charge in [0, 0.05) is 5.92 Å². The number of rotatable bonds is 2. The summed E-state index contributed by atoms with van der Waals surface area (Å²) in [7, 11) is 0. The average Bonchev–Trinajstić information content (AvgIpc) is 2.30. The summed E-state index contributed by atoms with van der Waals surface area (Å²) < 4.78 is 5.09. The number of carbonyl (C=O) groups excluding carboxylic acids is 1. The largest absolute Gasteiger partial charge is 0.465 e. The van der Waals surface area contributed by atoms with Gasteiger partial charge < -0.3 is 4.74 Å². The van der Waals surface area contributed by atoms with Crippen LogP contribution in [0.4, 0.5) is 0 Å². The molecule has 0 N–H and O–H groups in total.